The van der Waals surface area contributed by atoms with Crippen LogP contribution in [0, 0.1) is 0 Å². The van der Waals surface area contributed by atoms with E-state index in [9.17, 15) is 9.90 Å². The Balaban J connectivity index is 1.31. The molecular formula is C34H35N5O4. The standard InChI is InChI=1S/C34H35N5O4/c1-23-19-38(20-24(2)39(23)34(40)41)27-14-15-28-30(18-27)37(3)36-32(28)29-16-17-31(42-21-25-10-6-4-7-11-25)35-33(29)43-22-26-12-8-5-9-13-26/h4-18,23-24H,19-22H2,1-3H3,(H,40,41)/t23-,24+. The first-order valence-electron chi connectivity index (χ1n) is 14.4. The Bertz CT molecular complexity index is 1710. The summed E-state index contributed by atoms with van der Waals surface area (Å²) in [4.78, 5) is 20.3. The molecule has 1 saturated heterocycles. The summed E-state index contributed by atoms with van der Waals surface area (Å²) < 4.78 is 14.2. The molecule has 0 unspecified atom stereocenters. The van der Waals surface area contributed by atoms with Gasteiger partial charge in [0.25, 0.3) is 0 Å². The van der Waals surface area contributed by atoms with E-state index in [0.29, 0.717) is 38.1 Å². The lowest BCUT2D eigenvalue weighted by Crippen LogP contribution is -2.58. The van der Waals surface area contributed by atoms with Gasteiger partial charge in [-0.05, 0) is 49.2 Å². The van der Waals surface area contributed by atoms with Crippen molar-refractivity contribution >= 4 is 22.7 Å². The van der Waals surface area contributed by atoms with Crippen LogP contribution in [0.25, 0.3) is 22.2 Å². The number of fused-ring (bicyclic) bond motifs is 1. The van der Waals surface area contributed by atoms with E-state index in [4.69, 9.17) is 19.6 Å². The SMILES string of the molecule is C[C@@H]1CN(c2ccc3c(-c4ccc(OCc5ccccc5)nc4OCc4ccccc4)nn(C)c3c2)C[C@H](C)N1C(=O)O. The predicted molar refractivity (Wildman–Crippen MR) is 166 cm³/mol. The number of ether oxygens (including phenoxy) is 2. The van der Waals surface area contributed by atoms with E-state index >= 15 is 0 Å². The number of amides is 1. The molecule has 2 atom stereocenters. The molecule has 0 aliphatic carbocycles. The number of pyridine rings is 1. The fourth-order valence-corrected chi connectivity index (χ4v) is 5.80. The molecule has 220 valence electrons. The molecular weight excluding hydrogens is 542 g/mol. The number of carbonyl (C=O) groups is 1. The molecule has 6 rings (SSSR count). The Kier molecular flexibility index (Phi) is 7.87. The third kappa shape index (κ3) is 5.97. The number of aromatic nitrogens is 3. The largest absolute Gasteiger partial charge is 0.473 e. The average Bonchev–Trinajstić information content (AvgIpc) is 3.34. The molecule has 2 aromatic heterocycles. The smallest absolute Gasteiger partial charge is 0.407 e. The molecule has 3 aromatic carbocycles. The maximum atomic E-state index is 11.7. The van der Waals surface area contributed by atoms with Gasteiger partial charge in [0.2, 0.25) is 11.8 Å². The van der Waals surface area contributed by atoms with Crippen molar-refractivity contribution in [1.29, 1.82) is 0 Å². The molecule has 1 aliphatic rings. The van der Waals surface area contributed by atoms with Gasteiger partial charge in [-0.1, -0.05) is 60.7 Å². The van der Waals surface area contributed by atoms with Gasteiger partial charge in [-0.25, -0.2) is 4.79 Å². The fraction of sp³-hybridized carbons (Fsp3) is 0.265. The molecule has 9 heteroatoms. The fourth-order valence-electron chi connectivity index (χ4n) is 5.80. The van der Waals surface area contributed by atoms with E-state index in [2.05, 4.69) is 23.1 Å². The van der Waals surface area contributed by atoms with Crippen LogP contribution in [0.5, 0.6) is 11.8 Å². The summed E-state index contributed by atoms with van der Waals surface area (Å²) in [6.07, 6.45) is -0.873. The van der Waals surface area contributed by atoms with Crippen molar-refractivity contribution in [3.05, 3.63) is 102 Å². The second kappa shape index (κ2) is 12.1. The lowest BCUT2D eigenvalue weighted by Gasteiger charge is -2.43. The normalized spacial score (nSPS) is 16.8. The van der Waals surface area contributed by atoms with Crippen LogP contribution in [-0.4, -0.2) is 56.0 Å². The second-order valence-corrected chi connectivity index (χ2v) is 11.0. The number of piperazine rings is 1. The number of benzene rings is 3. The molecule has 0 bridgehead atoms. The minimum atomic E-state index is -0.873. The van der Waals surface area contributed by atoms with Gasteiger partial charge in [-0.2, -0.15) is 10.1 Å². The minimum absolute atomic E-state index is 0.114. The van der Waals surface area contributed by atoms with Crippen molar-refractivity contribution < 1.29 is 19.4 Å². The van der Waals surface area contributed by atoms with Crippen LogP contribution >= 0.6 is 0 Å². The molecule has 43 heavy (non-hydrogen) atoms. The van der Waals surface area contributed by atoms with E-state index in [1.54, 1.807) is 0 Å². The Labute approximate surface area is 250 Å². The Hall–Kier alpha value is -5.05. The van der Waals surface area contributed by atoms with E-state index in [1.165, 1.54) is 4.90 Å². The summed E-state index contributed by atoms with van der Waals surface area (Å²) in [7, 11) is 1.93. The third-order valence-corrected chi connectivity index (χ3v) is 7.88. The van der Waals surface area contributed by atoms with Crippen LogP contribution in [0.1, 0.15) is 25.0 Å². The summed E-state index contributed by atoms with van der Waals surface area (Å²) in [5.41, 5.74) is 5.64. The minimum Gasteiger partial charge on any atom is -0.473 e. The van der Waals surface area contributed by atoms with Crippen LogP contribution < -0.4 is 14.4 Å². The van der Waals surface area contributed by atoms with Crippen LogP contribution in [0.3, 0.4) is 0 Å². The van der Waals surface area contributed by atoms with Crippen molar-refractivity contribution in [2.75, 3.05) is 18.0 Å². The predicted octanol–water partition coefficient (Wildman–Crippen LogP) is 6.37. The molecule has 0 saturated carbocycles. The zero-order valence-corrected chi connectivity index (χ0v) is 24.6. The quantitative estimate of drug-likeness (QED) is 0.229. The highest BCUT2D eigenvalue weighted by molar-refractivity contribution is 5.96. The molecule has 1 fully saturated rings. The molecule has 0 radical (unpaired) electrons. The van der Waals surface area contributed by atoms with E-state index in [1.807, 2.05) is 98.4 Å². The highest BCUT2D eigenvalue weighted by Gasteiger charge is 2.33. The van der Waals surface area contributed by atoms with Crippen molar-refractivity contribution in [2.45, 2.75) is 39.1 Å². The van der Waals surface area contributed by atoms with Crippen LogP contribution in [0.15, 0.2) is 91.0 Å². The maximum absolute atomic E-state index is 11.7. The molecule has 1 N–H and O–H groups in total. The summed E-state index contributed by atoms with van der Waals surface area (Å²) in [6.45, 7) is 5.91. The summed E-state index contributed by atoms with van der Waals surface area (Å²) in [5.74, 6) is 0.924. The van der Waals surface area contributed by atoms with Crippen molar-refractivity contribution in [2.24, 2.45) is 7.05 Å². The van der Waals surface area contributed by atoms with Crippen LogP contribution in [0.2, 0.25) is 0 Å². The van der Waals surface area contributed by atoms with Gasteiger partial charge in [-0.15, -0.1) is 0 Å². The molecule has 9 nitrogen and oxygen atoms in total. The van der Waals surface area contributed by atoms with Crippen molar-refractivity contribution in [3.8, 4) is 23.0 Å². The van der Waals surface area contributed by atoms with Gasteiger partial charge in [-0.3, -0.25) is 9.58 Å². The third-order valence-electron chi connectivity index (χ3n) is 7.88. The average molecular weight is 578 g/mol. The van der Waals surface area contributed by atoms with Gasteiger partial charge < -0.3 is 19.5 Å². The van der Waals surface area contributed by atoms with Crippen molar-refractivity contribution in [3.63, 3.8) is 0 Å². The second-order valence-electron chi connectivity index (χ2n) is 11.0. The lowest BCUT2D eigenvalue weighted by molar-refractivity contribution is 0.0983. The highest BCUT2D eigenvalue weighted by Crippen LogP contribution is 2.37. The molecule has 3 heterocycles. The van der Waals surface area contributed by atoms with Crippen LogP contribution in [0.4, 0.5) is 10.5 Å². The maximum Gasteiger partial charge on any atom is 0.407 e. The molecule has 5 aromatic rings. The first-order valence-corrected chi connectivity index (χ1v) is 14.4. The van der Waals surface area contributed by atoms with E-state index in [-0.39, 0.29) is 12.1 Å². The first-order chi connectivity index (χ1) is 20.9. The zero-order valence-electron chi connectivity index (χ0n) is 24.6. The lowest BCUT2D eigenvalue weighted by atomic mass is 10.1. The summed E-state index contributed by atoms with van der Waals surface area (Å²) >= 11 is 0. The monoisotopic (exact) mass is 577 g/mol. The number of hydrogen-bond donors (Lipinski definition) is 1. The molecule has 0 spiro atoms. The van der Waals surface area contributed by atoms with Crippen molar-refractivity contribution in [1.82, 2.24) is 19.7 Å². The Morgan fingerprint density at radius 3 is 2.12 bits per heavy atom. The van der Waals surface area contributed by atoms with E-state index in [0.717, 1.165) is 39.0 Å². The summed E-state index contributed by atoms with van der Waals surface area (Å²) in [6, 6.07) is 29.8. The number of nitrogens with zero attached hydrogens (tertiary/aromatic N) is 5. The first kappa shape index (κ1) is 28.1. The zero-order chi connectivity index (χ0) is 29.9. The Morgan fingerprint density at radius 1 is 0.860 bits per heavy atom. The van der Waals surface area contributed by atoms with Crippen LogP contribution in [-0.2, 0) is 20.3 Å². The van der Waals surface area contributed by atoms with E-state index < -0.39 is 6.09 Å². The van der Waals surface area contributed by atoms with Gasteiger partial charge in [0.05, 0.1) is 23.2 Å². The number of hydrogen-bond acceptors (Lipinski definition) is 6. The molecule has 1 aliphatic heterocycles. The number of anilines is 1. The summed E-state index contributed by atoms with van der Waals surface area (Å²) in [5, 5.41) is 15.5. The number of carboxylic acid groups (broad SMARTS) is 1. The van der Waals surface area contributed by atoms with Gasteiger partial charge in [0.15, 0.2) is 0 Å². The Morgan fingerprint density at radius 2 is 1.49 bits per heavy atom. The number of rotatable bonds is 8. The topological polar surface area (TPSA) is 93.0 Å². The van der Waals surface area contributed by atoms with Gasteiger partial charge in [0, 0.05) is 37.3 Å². The van der Waals surface area contributed by atoms with Gasteiger partial charge in [0.1, 0.15) is 18.9 Å². The highest BCUT2D eigenvalue weighted by atomic mass is 16.5. The van der Waals surface area contributed by atoms with Gasteiger partial charge >= 0.3 is 6.09 Å². The molecule has 1 amide bonds. The number of aryl methyl sites for hydroxylation is 1.